The fourth-order valence-corrected chi connectivity index (χ4v) is 4.36. The van der Waals surface area contributed by atoms with Crippen LogP contribution in [0.4, 0.5) is 5.69 Å². The first kappa shape index (κ1) is 26.2. The largest absolute Gasteiger partial charge is 0.459 e. The molecule has 0 bridgehead atoms. The van der Waals surface area contributed by atoms with Gasteiger partial charge in [-0.15, -0.1) is 0 Å². The van der Waals surface area contributed by atoms with Gasteiger partial charge in [-0.1, -0.05) is 56.3 Å². The number of hydrogen-bond acceptors (Lipinski definition) is 5. The maximum absolute atomic E-state index is 13.7. The summed E-state index contributed by atoms with van der Waals surface area (Å²) in [5.41, 5.74) is 2.33. The smallest absolute Gasteiger partial charge is 0.287 e. The Labute approximate surface area is 217 Å². The Bertz CT molecular complexity index is 1170. The second kappa shape index (κ2) is 12.4. The van der Waals surface area contributed by atoms with Crippen molar-refractivity contribution in [2.24, 2.45) is 0 Å². The molecule has 0 saturated carbocycles. The molecule has 8 heteroatoms. The number of hydrogen-bond donors (Lipinski definition) is 2. The molecule has 8 nitrogen and oxygen atoms in total. The second-order valence-corrected chi connectivity index (χ2v) is 9.36. The first-order valence-electron chi connectivity index (χ1n) is 12.6. The Hall–Kier alpha value is -3.91. The normalized spacial score (nSPS) is 15.8. The average Bonchev–Trinajstić information content (AvgIpc) is 3.64. The van der Waals surface area contributed by atoms with Crippen molar-refractivity contribution in [3.63, 3.8) is 0 Å². The van der Waals surface area contributed by atoms with E-state index < -0.39 is 17.9 Å². The van der Waals surface area contributed by atoms with Gasteiger partial charge in [0.05, 0.1) is 18.9 Å². The summed E-state index contributed by atoms with van der Waals surface area (Å²) in [6, 6.07) is 18.9. The van der Waals surface area contributed by atoms with Crippen LogP contribution < -0.4 is 15.5 Å². The molecule has 2 heterocycles. The molecule has 1 fully saturated rings. The zero-order chi connectivity index (χ0) is 26.2. The van der Waals surface area contributed by atoms with Gasteiger partial charge in [-0.25, -0.2) is 0 Å². The van der Waals surface area contributed by atoms with Crippen LogP contribution in [0.25, 0.3) is 0 Å². The van der Waals surface area contributed by atoms with E-state index >= 15 is 0 Å². The molecule has 0 unspecified atom stereocenters. The lowest BCUT2D eigenvalue weighted by molar-refractivity contribution is -0.126. The van der Waals surface area contributed by atoms with Crippen LogP contribution in [-0.2, 0) is 14.3 Å². The highest BCUT2D eigenvalue weighted by Crippen LogP contribution is 2.29. The van der Waals surface area contributed by atoms with E-state index in [9.17, 15) is 14.4 Å². The number of ether oxygens (including phenoxy) is 1. The van der Waals surface area contributed by atoms with Crippen molar-refractivity contribution < 1.29 is 23.5 Å². The van der Waals surface area contributed by atoms with Crippen molar-refractivity contribution in [3.05, 3.63) is 89.9 Å². The van der Waals surface area contributed by atoms with Gasteiger partial charge in [0.25, 0.3) is 5.91 Å². The lowest BCUT2D eigenvalue weighted by atomic mass is 10.0. The number of nitrogens with zero attached hydrogens (tertiary/aromatic N) is 1. The van der Waals surface area contributed by atoms with Gasteiger partial charge >= 0.3 is 0 Å². The quantitative estimate of drug-likeness (QED) is 0.432. The highest BCUT2D eigenvalue weighted by molar-refractivity contribution is 6.04. The maximum atomic E-state index is 13.7. The minimum atomic E-state index is -0.944. The summed E-state index contributed by atoms with van der Waals surface area (Å²) in [7, 11) is 0. The molecule has 3 aromatic rings. The average molecular weight is 504 g/mol. The van der Waals surface area contributed by atoms with Crippen molar-refractivity contribution in [3.8, 4) is 0 Å². The molecule has 1 aliphatic rings. The third-order valence-corrected chi connectivity index (χ3v) is 6.40. The number of furan rings is 1. The van der Waals surface area contributed by atoms with Gasteiger partial charge in [-0.2, -0.15) is 0 Å². The molecule has 2 N–H and O–H groups in total. The standard InChI is InChI=1S/C29H33N3O5/c1-20(2)21-12-14-23(15-13-21)32(26(33)19-31-28(34)25-11-7-17-37-25)27(22-8-4-3-5-9-22)29(35)30-18-24-10-6-16-36-24/h3-5,7-9,11-15,17,20,24,27H,6,10,16,18-19H2,1-2H3,(H,30,35)(H,31,34)/t24-,27-/m1/s1. The van der Waals surface area contributed by atoms with E-state index in [1.807, 2.05) is 54.6 Å². The summed E-state index contributed by atoms with van der Waals surface area (Å²) in [5.74, 6) is -0.841. The molecule has 1 aliphatic heterocycles. The van der Waals surface area contributed by atoms with Gasteiger partial charge in [0.2, 0.25) is 11.8 Å². The van der Waals surface area contributed by atoms with Crippen LogP contribution in [0.2, 0.25) is 0 Å². The Morgan fingerprint density at radius 2 is 1.70 bits per heavy atom. The van der Waals surface area contributed by atoms with Crippen LogP contribution in [0.5, 0.6) is 0 Å². The van der Waals surface area contributed by atoms with Crippen molar-refractivity contribution >= 4 is 23.4 Å². The number of nitrogens with one attached hydrogen (secondary N) is 2. The summed E-state index contributed by atoms with van der Waals surface area (Å²) < 4.78 is 10.8. The van der Waals surface area contributed by atoms with Crippen molar-refractivity contribution in [1.82, 2.24) is 10.6 Å². The molecule has 194 valence electrons. The van der Waals surface area contributed by atoms with Crippen molar-refractivity contribution in [2.45, 2.75) is 44.8 Å². The molecule has 2 aromatic carbocycles. The monoisotopic (exact) mass is 503 g/mol. The third-order valence-electron chi connectivity index (χ3n) is 6.40. The van der Waals surface area contributed by atoms with Crippen LogP contribution in [0.3, 0.4) is 0 Å². The predicted octanol–water partition coefficient (Wildman–Crippen LogP) is 4.20. The first-order chi connectivity index (χ1) is 17.9. The van der Waals surface area contributed by atoms with Crippen LogP contribution in [-0.4, -0.2) is 43.5 Å². The van der Waals surface area contributed by atoms with Gasteiger partial charge in [-0.3, -0.25) is 19.3 Å². The summed E-state index contributed by atoms with van der Waals surface area (Å²) in [6.45, 7) is 4.92. The van der Waals surface area contributed by atoms with Crippen LogP contribution in [0.15, 0.2) is 77.4 Å². The van der Waals surface area contributed by atoms with E-state index in [2.05, 4.69) is 24.5 Å². The maximum Gasteiger partial charge on any atom is 0.287 e. The number of carbonyl (C=O) groups excluding carboxylic acids is 3. The minimum absolute atomic E-state index is 0.0394. The molecule has 1 saturated heterocycles. The van der Waals surface area contributed by atoms with E-state index in [0.29, 0.717) is 30.3 Å². The number of benzene rings is 2. The zero-order valence-corrected chi connectivity index (χ0v) is 21.2. The molecule has 0 radical (unpaired) electrons. The van der Waals surface area contributed by atoms with Gasteiger partial charge in [-0.05, 0) is 54.2 Å². The van der Waals surface area contributed by atoms with E-state index in [-0.39, 0.29) is 24.3 Å². The number of carbonyl (C=O) groups is 3. The molecular formula is C29H33N3O5. The number of amides is 3. The first-order valence-corrected chi connectivity index (χ1v) is 12.6. The lowest BCUT2D eigenvalue weighted by Crippen LogP contribution is -2.48. The zero-order valence-electron chi connectivity index (χ0n) is 21.2. The van der Waals surface area contributed by atoms with Crippen molar-refractivity contribution in [1.29, 1.82) is 0 Å². The van der Waals surface area contributed by atoms with E-state index in [1.165, 1.54) is 17.2 Å². The Balaban J connectivity index is 1.64. The van der Waals surface area contributed by atoms with Gasteiger partial charge in [0.15, 0.2) is 5.76 Å². The summed E-state index contributed by atoms with van der Waals surface area (Å²) >= 11 is 0. The van der Waals surface area contributed by atoms with Gasteiger partial charge in [0.1, 0.15) is 6.04 Å². The highest BCUT2D eigenvalue weighted by Gasteiger charge is 2.33. The second-order valence-electron chi connectivity index (χ2n) is 9.36. The molecule has 1 aromatic heterocycles. The lowest BCUT2D eigenvalue weighted by Gasteiger charge is -2.32. The Morgan fingerprint density at radius 1 is 0.946 bits per heavy atom. The molecule has 0 aliphatic carbocycles. The molecule has 37 heavy (non-hydrogen) atoms. The molecule has 2 atom stereocenters. The van der Waals surface area contributed by atoms with E-state index in [0.717, 1.165) is 18.4 Å². The highest BCUT2D eigenvalue weighted by atomic mass is 16.5. The topological polar surface area (TPSA) is 101 Å². The SMILES string of the molecule is CC(C)c1ccc(N(C(=O)CNC(=O)c2ccco2)[C@@H](C(=O)NC[C@H]2CCCO2)c2ccccc2)cc1. The Kier molecular flexibility index (Phi) is 8.74. The van der Waals surface area contributed by atoms with E-state index in [1.54, 1.807) is 6.07 Å². The van der Waals surface area contributed by atoms with Crippen LogP contribution in [0, 0.1) is 0 Å². The van der Waals surface area contributed by atoms with Crippen molar-refractivity contribution in [2.75, 3.05) is 24.6 Å². The predicted molar refractivity (Wildman–Crippen MR) is 140 cm³/mol. The van der Waals surface area contributed by atoms with Crippen LogP contribution in [0.1, 0.15) is 60.3 Å². The van der Waals surface area contributed by atoms with Gasteiger partial charge < -0.3 is 19.8 Å². The number of rotatable bonds is 10. The number of anilines is 1. The summed E-state index contributed by atoms with van der Waals surface area (Å²) in [5, 5.41) is 5.60. The molecular weight excluding hydrogens is 470 g/mol. The molecule has 3 amide bonds. The summed E-state index contributed by atoms with van der Waals surface area (Å²) in [4.78, 5) is 41.2. The third kappa shape index (κ3) is 6.65. The minimum Gasteiger partial charge on any atom is -0.459 e. The Morgan fingerprint density at radius 3 is 2.32 bits per heavy atom. The fourth-order valence-electron chi connectivity index (χ4n) is 4.36. The summed E-state index contributed by atoms with van der Waals surface area (Å²) in [6.07, 6.45) is 3.20. The molecule has 0 spiro atoms. The van der Waals surface area contributed by atoms with Gasteiger partial charge in [0, 0.05) is 18.8 Å². The fraction of sp³-hybridized carbons (Fsp3) is 0.345. The van der Waals surface area contributed by atoms with Crippen LogP contribution >= 0.6 is 0 Å². The van der Waals surface area contributed by atoms with E-state index in [4.69, 9.17) is 9.15 Å². The molecule has 4 rings (SSSR count).